The predicted molar refractivity (Wildman–Crippen MR) is 106 cm³/mol. The molecule has 4 nitrogen and oxygen atoms in total. The van der Waals surface area contributed by atoms with E-state index in [1.54, 1.807) is 17.7 Å². The van der Waals surface area contributed by atoms with E-state index in [4.69, 9.17) is 11.6 Å². The fraction of sp³-hybridized carbons (Fsp3) is 0.278. The van der Waals surface area contributed by atoms with Gasteiger partial charge in [-0.05, 0) is 44.0 Å². The highest BCUT2D eigenvalue weighted by atomic mass is 35.5. The van der Waals surface area contributed by atoms with Crippen molar-refractivity contribution in [2.24, 2.45) is 0 Å². The van der Waals surface area contributed by atoms with Gasteiger partial charge in [0.25, 0.3) is 0 Å². The van der Waals surface area contributed by atoms with Gasteiger partial charge in [-0.2, -0.15) is 0 Å². The summed E-state index contributed by atoms with van der Waals surface area (Å²) in [6, 6.07) is 7.43. The molecule has 2 aromatic heterocycles. The van der Waals surface area contributed by atoms with E-state index in [2.05, 4.69) is 29.1 Å². The topological polar surface area (TPSA) is 54.9 Å². The maximum absolute atomic E-state index is 12.3. The van der Waals surface area contributed by atoms with Crippen LogP contribution in [0, 0.1) is 13.8 Å². The summed E-state index contributed by atoms with van der Waals surface area (Å²) in [5, 5.41) is 5.59. The molecule has 3 aromatic rings. The van der Waals surface area contributed by atoms with Crippen LogP contribution in [0.2, 0.25) is 5.02 Å². The van der Waals surface area contributed by atoms with Crippen LogP contribution in [-0.2, 0) is 4.79 Å². The molecule has 0 aliphatic heterocycles. The number of rotatable bonds is 5. The van der Waals surface area contributed by atoms with Crippen molar-refractivity contribution >= 4 is 50.8 Å². The Hall–Kier alpha value is -1.63. The van der Waals surface area contributed by atoms with Crippen LogP contribution in [0.15, 0.2) is 35.6 Å². The van der Waals surface area contributed by atoms with Crippen molar-refractivity contribution in [3.05, 3.63) is 51.6 Å². The van der Waals surface area contributed by atoms with Gasteiger partial charge in [-0.25, -0.2) is 9.97 Å². The Morgan fingerprint density at radius 3 is 2.92 bits per heavy atom. The molecule has 130 valence electrons. The van der Waals surface area contributed by atoms with Crippen molar-refractivity contribution in [3.8, 4) is 0 Å². The number of aryl methyl sites for hydroxylation is 2. The molecular formula is C18H18ClN3OS2. The third-order valence-corrected chi connectivity index (χ3v) is 6.34. The Balaban J connectivity index is 1.67. The molecule has 7 heteroatoms. The van der Waals surface area contributed by atoms with E-state index in [1.165, 1.54) is 22.2 Å². The Labute approximate surface area is 160 Å². The van der Waals surface area contributed by atoms with Gasteiger partial charge in [0.1, 0.15) is 16.2 Å². The first-order valence-electron chi connectivity index (χ1n) is 7.84. The van der Waals surface area contributed by atoms with Gasteiger partial charge in [-0.1, -0.05) is 35.5 Å². The summed E-state index contributed by atoms with van der Waals surface area (Å²) >= 11 is 9.11. The van der Waals surface area contributed by atoms with E-state index in [0.29, 0.717) is 10.8 Å². The molecule has 0 saturated carbocycles. The minimum atomic E-state index is -0.0950. The summed E-state index contributed by atoms with van der Waals surface area (Å²) < 4.78 is 0. The minimum absolute atomic E-state index is 0.0335. The van der Waals surface area contributed by atoms with Crippen LogP contribution < -0.4 is 5.32 Å². The fourth-order valence-corrected chi connectivity index (χ4v) is 4.66. The van der Waals surface area contributed by atoms with Crippen LogP contribution in [-0.4, -0.2) is 21.6 Å². The number of nitrogens with zero attached hydrogens (tertiary/aromatic N) is 2. The molecule has 1 atom stereocenters. The van der Waals surface area contributed by atoms with Crippen LogP contribution in [0.1, 0.15) is 29.0 Å². The summed E-state index contributed by atoms with van der Waals surface area (Å²) in [5.41, 5.74) is 2.18. The standard InChI is InChI=1S/C18H18ClN3OS2/c1-10-12(3)25-18-16(10)17(20-9-21-18)24-8-15(23)22-11(2)13-5-4-6-14(19)7-13/h4-7,9,11H,8H2,1-3H3,(H,22,23)/t11-/m0/s1. The zero-order valence-electron chi connectivity index (χ0n) is 14.2. The molecular weight excluding hydrogens is 374 g/mol. The van der Waals surface area contributed by atoms with Gasteiger partial charge in [0.15, 0.2) is 0 Å². The summed E-state index contributed by atoms with van der Waals surface area (Å²) in [5.74, 6) is 0.277. The molecule has 25 heavy (non-hydrogen) atoms. The number of thiophene rings is 1. The number of fused-ring (bicyclic) bond motifs is 1. The molecule has 0 aliphatic carbocycles. The Morgan fingerprint density at radius 2 is 2.16 bits per heavy atom. The number of halogens is 1. The predicted octanol–water partition coefficient (Wildman–Crippen LogP) is 4.93. The zero-order valence-corrected chi connectivity index (χ0v) is 16.6. The smallest absolute Gasteiger partial charge is 0.230 e. The SMILES string of the molecule is Cc1sc2ncnc(SCC(=O)N[C@@H](C)c3cccc(Cl)c3)c2c1C. The number of benzene rings is 1. The summed E-state index contributed by atoms with van der Waals surface area (Å²) in [6.07, 6.45) is 1.56. The third-order valence-electron chi connectivity index (χ3n) is 4.00. The lowest BCUT2D eigenvalue weighted by atomic mass is 10.1. The number of carbonyl (C=O) groups excluding carboxylic acids is 1. The lowest BCUT2D eigenvalue weighted by Crippen LogP contribution is -2.28. The first kappa shape index (κ1) is 18.2. The van der Waals surface area contributed by atoms with E-state index >= 15 is 0 Å². The minimum Gasteiger partial charge on any atom is -0.349 e. The summed E-state index contributed by atoms with van der Waals surface area (Å²) in [4.78, 5) is 23.2. The van der Waals surface area contributed by atoms with Crippen molar-refractivity contribution in [1.29, 1.82) is 0 Å². The lowest BCUT2D eigenvalue weighted by molar-refractivity contribution is -0.119. The lowest BCUT2D eigenvalue weighted by Gasteiger charge is -2.14. The van der Waals surface area contributed by atoms with E-state index in [0.717, 1.165) is 20.8 Å². The number of carbonyl (C=O) groups is 1. The number of thioether (sulfide) groups is 1. The second-order valence-corrected chi connectivity index (χ2v) is 8.38. The molecule has 1 N–H and O–H groups in total. The van der Waals surface area contributed by atoms with Crippen molar-refractivity contribution in [3.63, 3.8) is 0 Å². The quantitative estimate of drug-likeness (QED) is 0.494. The summed E-state index contributed by atoms with van der Waals surface area (Å²) in [7, 11) is 0. The molecule has 0 aliphatic rings. The monoisotopic (exact) mass is 391 g/mol. The van der Waals surface area contributed by atoms with E-state index in [9.17, 15) is 4.79 Å². The van der Waals surface area contributed by atoms with Crippen LogP contribution in [0.4, 0.5) is 0 Å². The zero-order chi connectivity index (χ0) is 18.0. The highest BCUT2D eigenvalue weighted by Crippen LogP contribution is 2.34. The number of aromatic nitrogens is 2. The Bertz CT molecular complexity index is 926. The van der Waals surface area contributed by atoms with Gasteiger partial charge in [0.05, 0.1) is 11.8 Å². The molecule has 0 spiro atoms. The van der Waals surface area contributed by atoms with Crippen LogP contribution in [0.5, 0.6) is 0 Å². The van der Waals surface area contributed by atoms with Crippen molar-refractivity contribution in [2.75, 3.05) is 5.75 Å². The van der Waals surface area contributed by atoms with Gasteiger partial charge < -0.3 is 5.32 Å². The Morgan fingerprint density at radius 1 is 1.36 bits per heavy atom. The molecule has 3 rings (SSSR count). The molecule has 0 fully saturated rings. The van der Waals surface area contributed by atoms with Gasteiger partial charge in [0, 0.05) is 15.3 Å². The molecule has 0 bridgehead atoms. The van der Waals surface area contributed by atoms with Crippen molar-refractivity contribution in [2.45, 2.75) is 31.8 Å². The van der Waals surface area contributed by atoms with Crippen LogP contribution >= 0.6 is 34.7 Å². The first-order valence-corrected chi connectivity index (χ1v) is 10.0. The molecule has 2 heterocycles. The molecule has 0 radical (unpaired) electrons. The number of nitrogens with one attached hydrogen (secondary N) is 1. The normalized spacial score (nSPS) is 12.3. The maximum atomic E-state index is 12.3. The average Bonchev–Trinajstić information content (AvgIpc) is 2.88. The highest BCUT2D eigenvalue weighted by Gasteiger charge is 2.15. The largest absolute Gasteiger partial charge is 0.349 e. The van der Waals surface area contributed by atoms with Crippen LogP contribution in [0.3, 0.4) is 0 Å². The number of hydrogen-bond donors (Lipinski definition) is 1. The van der Waals surface area contributed by atoms with Gasteiger partial charge in [0.2, 0.25) is 5.91 Å². The van der Waals surface area contributed by atoms with E-state index in [-0.39, 0.29) is 11.9 Å². The van der Waals surface area contributed by atoms with Gasteiger partial charge in [-0.15, -0.1) is 11.3 Å². The molecule has 0 saturated heterocycles. The van der Waals surface area contributed by atoms with E-state index in [1.807, 2.05) is 31.2 Å². The van der Waals surface area contributed by atoms with Crippen molar-refractivity contribution < 1.29 is 4.79 Å². The number of hydrogen-bond acceptors (Lipinski definition) is 5. The highest BCUT2D eigenvalue weighted by molar-refractivity contribution is 8.00. The molecule has 0 unspecified atom stereocenters. The number of amides is 1. The third kappa shape index (κ3) is 4.14. The second-order valence-electron chi connectivity index (χ2n) is 5.78. The second kappa shape index (κ2) is 7.72. The van der Waals surface area contributed by atoms with E-state index < -0.39 is 0 Å². The van der Waals surface area contributed by atoms with Gasteiger partial charge in [-0.3, -0.25) is 4.79 Å². The van der Waals surface area contributed by atoms with Crippen LogP contribution in [0.25, 0.3) is 10.2 Å². The molecule has 1 aromatic carbocycles. The van der Waals surface area contributed by atoms with Gasteiger partial charge >= 0.3 is 0 Å². The first-order chi connectivity index (χ1) is 12.0. The molecule has 1 amide bonds. The average molecular weight is 392 g/mol. The Kier molecular flexibility index (Phi) is 5.61. The summed E-state index contributed by atoms with van der Waals surface area (Å²) in [6.45, 7) is 6.10. The maximum Gasteiger partial charge on any atom is 0.230 e. The fourth-order valence-electron chi connectivity index (χ4n) is 2.54. The van der Waals surface area contributed by atoms with Crippen molar-refractivity contribution in [1.82, 2.24) is 15.3 Å².